The molecular weight excluding hydrogens is 202 g/mol. The summed E-state index contributed by atoms with van der Waals surface area (Å²) in [5.74, 6) is 1.65. The van der Waals surface area contributed by atoms with Gasteiger partial charge >= 0.3 is 0 Å². The van der Waals surface area contributed by atoms with E-state index in [2.05, 4.69) is 17.4 Å². The molecule has 0 aromatic heterocycles. The Morgan fingerprint density at radius 3 is 2.88 bits per heavy atom. The molecule has 1 saturated heterocycles. The largest absolute Gasteiger partial charge is 0.493 e. The van der Waals surface area contributed by atoms with Gasteiger partial charge in [0.2, 0.25) is 0 Å². The lowest BCUT2D eigenvalue weighted by atomic mass is 10.0. The van der Waals surface area contributed by atoms with Gasteiger partial charge in [-0.05, 0) is 44.0 Å². The predicted octanol–water partition coefficient (Wildman–Crippen LogP) is 2.52. The van der Waals surface area contributed by atoms with Crippen molar-refractivity contribution in [1.29, 1.82) is 0 Å². The molecule has 0 spiro atoms. The number of nitrogens with one attached hydrogen (secondary N) is 1. The highest BCUT2D eigenvalue weighted by atomic mass is 16.5. The monoisotopic (exact) mass is 221 g/mol. The van der Waals surface area contributed by atoms with Crippen molar-refractivity contribution in [2.45, 2.75) is 25.8 Å². The summed E-state index contributed by atoms with van der Waals surface area (Å²) in [6.07, 6.45) is 2.46. The van der Waals surface area contributed by atoms with Gasteiger partial charge in [-0.15, -0.1) is 0 Å². The van der Waals surface area contributed by atoms with Crippen molar-refractivity contribution < 1.29 is 9.47 Å². The smallest absolute Gasteiger partial charge is 0.161 e. The Labute approximate surface area is 96.8 Å². The Balaban J connectivity index is 2.21. The molecule has 1 N–H and O–H groups in total. The summed E-state index contributed by atoms with van der Waals surface area (Å²) in [7, 11) is 1.68. The van der Waals surface area contributed by atoms with Gasteiger partial charge in [-0.2, -0.15) is 0 Å². The molecule has 0 aliphatic carbocycles. The van der Waals surface area contributed by atoms with Crippen LogP contribution in [0.25, 0.3) is 0 Å². The molecule has 0 radical (unpaired) electrons. The number of benzene rings is 1. The maximum Gasteiger partial charge on any atom is 0.161 e. The lowest BCUT2D eigenvalue weighted by Gasteiger charge is -2.14. The lowest BCUT2D eigenvalue weighted by molar-refractivity contribution is 0.310. The van der Waals surface area contributed by atoms with E-state index in [1.165, 1.54) is 18.4 Å². The number of rotatable bonds is 4. The van der Waals surface area contributed by atoms with Crippen molar-refractivity contribution in [3.63, 3.8) is 0 Å². The van der Waals surface area contributed by atoms with Gasteiger partial charge in [0.25, 0.3) is 0 Å². The molecule has 2 rings (SSSR count). The first-order valence-electron chi connectivity index (χ1n) is 5.89. The molecule has 3 heteroatoms. The van der Waals surface area contributed by atoms with Crippen LogP contribution in [0.2, 0.25) is 0 Å². The third-order valence-corrected chi connectivity index (χ3v) is 2.95. The van der Waals surface area contributed by atoms with Crippen molar-refractivity contribution in [2.75, 3.05) is 20.3 Å². The highest BCUT2D eigenvalue weighted by Crippen LogP contribution is 2.32. The minimum atomic E-state index is 0.476. The average Bonchev–Trinajstić information content (AvgIpc) is 2.83. The Kier molecular flexibility index (Phi) is 3.67. The molecule has 0 amide bonds. The van der Waals surface area contributed by atoms with E-state index in [1.807, 2.05) is 13.0 Å². The average molecular weight is 221 g/mol. The molecule has 88 valence electrons. The Morgan fingerprint density at radius 1 is 1.38 bits per heavy atom. The molecule has 1 aromatic rings. The van der Waals surface area contributed by atoms with Crippen molar-refractivity contribution >= 4 is 0 Å². The van der Waals surface area contributed by atoms with Crippen LogP contribution < -0.4 is 14.8 Å². The second-order valence-electron chi connectivity index (χ2n) is 3.99. The number of hydrogen-bond donors (Lipinski definition) is 1. The molecule has 0 saturated carbocycles. The zero-order valence-electron chi connectivity index (χ0n) is 9.95. The Bertz CT molecular complexity index is 346. The zero-order valence-corrected chi connectivity index (χ0v) is 9.95. The van der Waals surface area contributed by atoms with Gasteiger partial charge in [0.15, 0.2) is 11.5 Å². The van der Waals surface area contributed by atoms with Gasteiger partial charge in [0.05, 0.1) is 13.7 Å². The quantitative estimate of drug-likeness (QED) is 0.847. The summed E-state index contributed by atoms with van der Waals surface area (Å²) in [4.78, 5) is 0. The summed E-state index contributed by atoms with van der Waals surface area (Å²) in [5.41, 5.74) is 1.29. The fourth-order valence-corrected chi connectivity index (χ4v) is 2.14. The topological polar surface area (TPSA) is 30.5 Å². The van der Waals surface area contributed by atoms with Crippen LogP contribution in [0, 0.1) is 0 Å². The molecular formula is C13H19NO2. The van der Waals surface area contributed by atoms with Crippen LogP contribution in [-0.2, 0) is 0 Å². The predicted molar refractivity (Wildman–Crippen MR) is 64.1 cm³/mol. The van der Waals surface area contributed by atoms with Gasteiger partial charge in [-0.25, -0.2) is 0 Å². The van der Waals surface area contributed by atoms with E-state index >= 15 is 0 Å². The normalized spacial score (nSPS) is 19.8. The van der Waals surface area contributed by atoms with Crippen LogP contribution in [0.4, 0.5) is 0 Å². The third kappa shape index (κ3) is 2.30. The first kappa shape index (κ1) is 11.3. The van der Waals surface area contributed by atoms with Crippen LogP contribution in [0.15, 0.2) is 18.2 Å². The van der Waals surface area contributed by atoms with Gasteiger partial charge in [-0.1, -0.05) is 6.07 Å². The second-order valence-corrected chi connectivity index (χ2v) is 3.99. The number of hydrogen-bond acceptors (Lipinski definition) is 3. The van der Waals surface area contributed by atoms with Gasteiger partial charge in [0, 0.05) is 6.04 Å². The molecule has 1 aliphatic rings. The molecule has 1 aliphatic heterocycles. The maximum atomic E-state index is 5.50. The van der Waals surface area contributed by atoms with Gasteiger partial charge < -0.3 is 14.8 Å². The molecule has 1 heterocycles. The van der Waals surface area contributed by atoms with E-state index < -0.39 is 0 Å². The summed E-state index contributed by atoms with van der Waals surface area (Å²) < 4.78 is 10.8. The molecule has 1 aromatic carbocycles. The van der Waals surface area contributed by atoms with Crippen LogP contribution in [0.3, 0.4) is 0 Å². The number of ether oxygens (including phenoxy) is 2. The highest BCUT2D eigenvalue weighted by Gasteiger charge is 2.17. The van der Waals surface area contributed by atoms with Crippen LogP contribution in [-0.4, -0.2) is 20.3 Å². The molecule has 3 nitrogen and oxygen atoms in total. The van der Waals surface area contributed by atoms with Crippen molar-refractivity contribution in [2.24, 2.45) is 0 Å². The van der Waals surface area contributed by atoms with Crippen LogP contribution >= 0.6 is 0 Å². The first-order chi connectivity index (χ1) is 7.85. The Hall–Kier alpha value is -1.22. The van der Waals surface area contributed by atoms with E-state index in [0.29, 0.717) is 12.6 Å². The van der Waals surface area contributed by atoms with E-state index in [4.69, 9.17) is 9.47 Å². The van der Waals surface area contributed by atoms with E-state index in [1.54, 1.807) is 7.11 Å². The molecule has 16 heavy (non-hydrogen) atoms. The summed E-state index contributed by atoms with van der Waals surface area (Å²) in [6.45, 7) is 3.75. The summed E-state index contributed by atoms with van der Waals surface area (Å²) in [6, 6.07) is 6.67. The van der Waals surface area contributed by atoms with Gasteiger partial charge in [0.1, 0.15) is 0 Å². The fourth-order valence-electron chi connectivity index (χ4n) is 2.14. The standard InChI is InChI=1S/C13H19NO2/c1-3-16-12-7-6-10(9-13(12)15-2)11-5-4-8-14-11/h6-7,9,11,14H,3-5,8H2,1-2H3. The fraction of sp³-hybridized carbons (Fsp3) is 0.538. The van der Waals surface area contributed by atoms with Gasteiger partial charge in [-0.3, -0.25) is 0 Å². The second kappa shape index (κ2) is 5.21. The maximum absolute atomic E-state index is 5.50. The molecule has 0 bridgehead atoms. The van der Waals surface area contributed by atoms with Crippen LogP contribution in [0.5, 0.6) is 11.5 Å². The van der Waals surface area contributed by atoms with Crippen molar-refractivity contribution in [1.82, 2.24) is 5.32 Å². The third-order valence-electron chi connectivity index (χ3n) is 2.95. The molecule has 1 fully saturated rings. The summed E-state index contributed by atoms with van der Waals surface area (Å²) in [5, 5.41) is 3.48. The van der Waals surface area contributed by atoms with E-state index in [-0.39, 0.29) is 0 Å². The van der Waals surface area contributed by atoms with Crippen molar-refractivity contribution in [3.8, 4) is 11.5 Å². The van der Waals surface area contributed by atoms with Crippen LogP contribution in [0.1, 0.15) is 31.4 Å². The summed E-state index contributed by atoms with van der Waals surface area (Å²) >= 11 is 0. The zero-order chi connectivity index (χ0) is 11.4. The minimum absolute atomic E-state index is 0.476. The van der Waals surface area contributed by atoms with E-state index in [0.717, 1.165) is 18.0 Å². The highest BCUT2D eigenvalue weighted by molar-refractivity contribution is 5.44. The SMILES string of the molecule is CCOc1ccc(C2CCCN2)cc1OC. The Morgan fingerprint density at radius 2 is 2.25 bits per heavy atom. The lowest BCUT2D eigenvalue weighted by Crippen LogP contribution is -2.12. The first-order valence-corrected chi connectivity index (χ1v) is 5.89. The molecule has 1 unspecified atom stereocenters. The minimum Gasteiger partial charge on any atom is -0.493 e. The molecule has 1 atom stereocenters. The van der Waals surface area contributed by atoms with E-state index in [9.17, 15) is 0 Å². The number of methoxy groups -OCH3 is 1. The van der Waals surface area contributed by atoms with Crippen molar-refractivity contribution in [3.05, 3.63) is 23.8 Å².